The van der Waals surface area contributed by atoms with E-state index in [0.717, 1.165) is 25.6 Å². The van der Waals surface area contributed by atoms with Gasteiger partial charge in [0.05, 0.1) is 11.9 Å². The molecule has 1 aromatic carbocycles. The van der Waals surface area contributed by atoms with Gasteiger partial charge in [-0.2, -0.15) is 13.2 Å². The van der Waals surface area contributed by atoms with Gasteiger partial charge in [0.25, 0.3) is 0 Å². The molecule has 0 aliphatic heterocycles. The fraction of sp³-hybridized carbons (Fsp3) is 0.474. The zero-order valence-corrected chi connectivity index (χ0v) is 18.4. The molecule has 28 heavy (non-hydrogen) atoms. The van der Waals surface area contributed by atoms with Crippen molar-refractivity contribution in [2.24, 2.45) is 4.99 Å². The van der Waals surface area contributed by atoms with E-state index in [0.29, 0.717) is 24.5 Å². The number of halogens is 4. The maximum Gasteiger partial charge on any atom is 0.416 e. The van der Waals surface area contributed by atoms with E-state index in [1.54, 1.807) is 25.6 Å². The second-order valence-corrected chi connectivity index (χ2v) is 6.39. The lowest BCUT2D eigenvalue weighted by molar-refractivity contribution is -0.137. The molecule has 2 rings (SSSR count). The quantitative estimate of drug-likeness (QED) is 0.242. The monoisotopic (exact) mass is 509 g/mol. The van der Waals surface area contributed by atoms with Gasteiger partial charge in [0.15, 0.2) is 5.96 Å². The molecule has 0 aliphatic carbocycles. The number of guanidine groups is 1. The standard InChI is InChI=1S/C19H26F3N5.HI/c1-15(16-5-3-6-17(13-16)19(20,21)22)7-9-26-18(23-2)25-8-4-11-27-12-10-24-14-27;/h3,5-6,10,12-15H,4,7-9,11H2,1-2H3,(H2,23,25,26);1H. The normalized spacial score (nSPS) is 13.0. The summed E-state index contributed by atoms with van der Waals surface area (Å²) in [6.45, 7) is 4.19. The summed E-state index contributed by atoms with van der Waals surface area (Å²) in [5, 5.41) is 6.44. The van der Waals surface area contributed by atoms with Gasteiger partial charge in [0.1, 0.15) is 0 Å². The first-order valence-electron chi connectivity index (χ1n) is 8.97. The van der Waals surface area contributed by atoms with Gasteiger partial charge in [-0.1, -0.05) is 25.1 Å². The van der Waals surface area contributed by atoms with Gasteiger partial charge in [-0.25, -0.2) is 4.98 Å². The van der Waals surface area contributed by atoms with Crippen LogP contribution in [-0.4, -0.2) is 35.6 Å². The first kappa shape index (κ1) is 24.3. The Morgan fingerprint density at radius 3 is 2.64 bits per heavy atom. The summed E-state index contributed by atoms with van der Waals surface area (Å²) in [6.07, 6.45) is 2.77. The molecule has 1 heterocycles. The Labute approximate surface area is 180 Å². The number of imidazole rings is 1. The number of nitrogens with zero attached hydrogens (tertiary/aromatic N) is 3. The van der Waals surface area contributed by atoms with Crippen molar-refractivity contribution in [3.05, 3.63) is 54.1 Å². The maximum atomic E-state index is 12.8. The van der Waals surface area contributed by atoms with Gasteiger partial charge in [-0.3, -0.25) is 4.99 Å². The fourth-order valence-electron chi connectivity index (χ4n) is 2.70. The Bertz CT molecular complexity index is 717. The van der Waals surface area contributed by atoms with Gasteiger partial charge >= 0.3 is 6.18 Å². The number of hydrogen-bond acceptors (Lipinski definition) is 2. The molecule has 0 bridgehead atoms. The van der Waals surface area contributed by atoms with Gasteiger partial charge in [-0.15, -0.1) is 24.0 Å². The molecule has 0 saturated carbocycles. The molecule has 1 atom stereocenters. The highest BCUT2D eigenvalue weighted by atomic mass is 127. The molecule has 156 valence electrons. The fourth-order valence-corrected chi connectivity index (χ4v) is 2.70. The van der Waals surface area contributed by atoms with E-state index in [2.05, 4.69) is 20.6 Å². The Hall–Kier alpha value is -1.78. The number of alkyl halides is 3. The minimum absolute atomic E-state index is 0. The Morgan fingerprint density at radius 1 is 1.25 bits per heavy atom. The summed E-state index contributed by atoms with van der Waals surface area (Å²) in [6, 6.07) is 5.53. The number of nitrogens with one attached hydrogen (secondary N) is 2. The second-order valence-electron chi connectivity index (χ2n) is 6.39. The Balaban J connectivity index is 0.00000392. The van der Waals surface area contributed by atoms with Crippen molar-refractivity contribution < 1.29 is 13.2 Å². The van der Waals surface area contributed by atoms with E-state index in [-0.39, 0.29) is 29.9 Å². The third kappa shape index (κ3) is 8.07. The molecule has 1 aromatic heterocycles. The number of aryl methyl sites for hydroxylation is 1. The summed E-state index contributed by atoms with van der Waals surface area (Å²) in [7, 11) is 1.70. The predicted molar refractivity (Wildman–Crippen MR) is 116 cm³/mol. The summed E-state index contributed by atoms with van der Waals surface area (Å²) in [5.41, 5.74) is 0.0880. The van der Waals surface area contributed by atoms with E-state index in [9.17, 15) is 13.2 Å². The van der Waals surface area contributed by atoms with Crippen molar-refractivity contribution >= 4 is 29.9 Å². The van der Waals surface area contributed by atoms with Gasteiger partial charge in [0.2, 0.25) is 0 Å². The van der Waals surface area contributed by atoms with Crippen LogP contribution in [0, 0.1) is 0 Å². The first-order valence-corrected chi connectivity index (χ1v) is 8.97. The number of benzene rings is 1. The average molecular weight is 509 g/mol. The number of rotatable bonds is 8. The van der Waals surface area contributed by atoms with Crippen LogP contribution < -0.4 is 10.6 Å². The van der Waals surface area contributed by atoms with Crippen LogP contribution in [0.4, 0.5) is 13.2 Å². The first-order chi connectivity index (χ1) is 12.9. The molecule has 5 nitrogen and oxygen atoms in total. The number of hydrogen-bond donors (Lipinski definition) is 2. The maximum absolute atomic E-state index is 12.8. The lowest BCUT2D eigenvalue weighted by Crippen LogP contribution is -2.38. The highest BCUT2D eigenvalue weighted by Crippen LogP contribution is 2.31. The van der Waals surface area contributed by atoms with Crippen molar-refractivity contribution in [2.45, 2.75) is 38.4 Å². The highest BCUT2D eigenvalue weighted by molar-refractivity contribution is 14.0. The topological polar surface area (TPSA) is 54.2 Å². The van der Waals surface area contributed by atoms with Crippen LogP contribution in [0.5, 0.6) is 0 Å². The highest BCUT2D eigenvalue weighted by Gasteiger charge is 2.30. The smallest absolute Gasteiger partial charge is 0.356 e. The molecule has 2 aromatic rings. The molecular weight excluding hydrogens is 482 g/mol. The number of aliphatic imine (C=N–C) groups is 1. The molecule has 0 fully saturated rings. The van der Waals surface area contributed by atoms with Crippen LogP contribution in [0.2, 0.25) is 0 Å². The predicted octanol–water partition coefficient (Wildman–Crippen LogP) is 4.27. The van der Waals surface area contributed by atoms with Crippen LogP contribution >= 0.6 is 24.0 Å². The van der Waals surface area contributed by atoms with Crippen LogP contribution in [-0.2, 0) is 12.7 Å². The van der Waals surface area contributed by atoms with Gasteiger partial charge < -0.3 is 15.2 Å². The van der Waals surface area contributed by atoms with Crippen molar-refractivity contribution in [2.75, 3.05) is 20.1 Å². The molecule has 0 radical (unpaired) electrons. The minimum Gasteiger partial charge on any atom is -0.356 e. The van der Waals surface area contributed by atoms with Crippen LogP contribution in [0.3, 0.4) is 0 Å². The van der Waals surface area contributed by atoms with Crippen LogP contribution in [0.15, 0.2) is 48.0 Å². The largest absolute Gasteiger partial charge is 0.416 e. The zero-order valence-electron chi connectivity index (χ0n) is 16.0. The Kier molecular flexibility index (Phi) is 10.3. The third-order valence-electron chi connectivity index (χ3n) is 4.32. The molecule has 0 saturated heterocycles. The van der Waals surface area contributed by atoms with Crippen molar-refractivity contribution in [1.82, 2.24) is 20.2 Å². The molecule has 0 spiro atoms. The van der Waals surface area contributed by atoms with Crippen LogP contribution in [0.1, 0.15) is 36.8 Å². The number of aromatic nitrogens is 2. The van der Waals surface area contributed by atoms with Crippen LogP contribution in [0.25, 0.3) is 0 Å². The van der Waals surface area contributed by atoms with Crippen molar-refractivity contribution in [1.29, 1.82) is 0 Å². The van der Waals surface area contributed by atoms with E-state index in [4.69, 9.17) is 0 Å². The van der Waals surface area contributed by atoms with E-state index in [1.807, 2.05) is 17.7 Å². The minimum atomic E-state index is -4.31. The zero-order chi connectivity index (χ0) is 19.7. The lowest BCUT2D eigenvalue weighted by Gasteiger charge is -2.16. The molecule has 2 N–H and O–H groups in total. The summed E-state index contributed by atoms with van der Waals surface area (Å²) in [5.74, 6) is 0.705. The summed E-state index contributed by atoms with van der Waals surface area (Å²) >= 11 is 0. The molecule has 1 unspecified atom stereocenters. The molecule has 0 amide bonds. The van der Waals surface area contributed by atoms with E-state index < -0.39 is 11.7 Å². The average Bonchev–Trinajstić information content (AvgIpc) is 3.16. The summed E-state index contributed by atoms with van der Waals surface area (Å²) in [4.78, 5) is 8.16. The molecular formula is C19H27F3IN5. The summed E-state index contributed by atoms with van der Waals surface area (Å²) < 4.78 is 40.5. The molecule has 9 heteroatoms. The molecule has 0 aliphatic rings. The second kappa shape index (κ2) is 11.9. The lowest BCUT2D eigenvalue weighted by atomic mass is 9.96. The van der Waals surface area contributed by atoms with E-state index >= 15 is 0 Å². The van der Waals surface area contributed by atoms with Crippen molar-refractivity contribution in [3.63, 3.8) is 0 Å². The SMILES string of the molecule is CN=C(NCCCn1ccnc1)NCCC(C)c1cccc(C(F)(F)F)c1.I. The third-order valence-corrected chi connectivity index (χ3v) is 4.32. The Morgan fingerprint density at radius 2 is 2.00 bits per heavy atom. The van der Waals surface area contributed by atoms with Crippen molar-refractivity contribution in [3.8, 4) is 0 Å². The van der Waals surface area contributed by atoms with Gasteiger partial charge in [-0.05, 0) is 30.4 Å². The van der Waals surface area contributed by atoms with Gasteiger partial charge in [0, 0.05) is 39.1 Å². The van der Waals surface area contributed by atoms with E-state index in [1.165, 1.54) is 12.1 Å².